The van der Waals surface area contributed by atoms with Crippen LogP contribution in [0.2, 0.25) is 0 Å². The van der Waals surface area contributed by atoms with E-state index < -0.39 is 0 Å². The molecule has 1 unspecified atom stereocenters. The average molecular weight is 337 g/mol. The second kappa shape index (κ2) is 9.55. The highest BCUT2D eigenvalue weighted by Gasteiger charge is 2.16. The number of hydrogen-bond donors (Lipinski definition) is 3. The Balaban J connectivity index is 1.61. The van der Waals surface area contributed by atoms with Gasteiger partial charge in [0, 0.05) is 43.4 Å². The van der Waals surface area contributed by atoms with Crippen LogP contribution in [0, 0.1) is 0 Å². The molecular weight excluding hydrogens is 308 g/mol. The van der Waals surface area contributed by atoms with Gasteiger partial charge in [0.2, 0.25) is 5.91 Å². The molecule has 2 rings (SSSR count). The Labute approximate surface area is 143 Å². The standard InChI is InChI=1S/C17H28N4OS/c1-13(15-8-5-11-23-15)12-20-17(18-2)19-10-9-16(22)21-14-6-3-4-7-14/h5,8,11,13-14H,3-4,6-7,9-10,12H2,1-2H3,(H,21,22)(H2,18,19,20). The van der Waals surface area contributed by atoms with Crippen LogP contribution < -0.4 is 16.0 Å². The molecule has 0 saturated heterocycles. The summed E-state index contributed by atoms with van der Waals surface area (Å²) in [5, 5.41) is 11.7. The monoisotopic (exact) mass is 336 g/mol. The highest BCUT2D eigenvalue weighted by atomic mass is 32.1. The van der Waals surface area contributed by atoms with E-state index in [1.54, 1.807) is 18.4 Å². The van der Waals surface area contributed by atoms with Crippen LogP contribution >= 0.6 is 11.3 Å². The number of rotatable bonds is 7. The number of carbonyl (C=O) groups excluding carboxylic acids is 1. The molecule has 5 nitrogen and oxygen atoms in total. The van der Waals surface area contributed by atoms with Crippen molar-refractivity contribution in [3.05, 3.63) is 22.4 Å². The highest BCUT2D eigenvalue weighted by Crippen LogP contribution is 2.19. The average Bonchev–Trinajstić information content (AvgIpc) is 3.23. The fourth-order valence-corrected chi connectivity index (χ4v) is 3.59. The SMILES string of the molecule is CN=C(NCCC(=O)NC1CCCC1)NCC(C)c1cccs1. The van der Waals surface area contributed by atoms with Gasteiger partial charge in [-0.05, 0) is 24.3 Å². The van der Waals surface area contributed by atoms with Crippen LogP contribution in [0.15, 0.2) is 22.5 Å². The Morgan fingerprint density at radius 2 is 2.17 bits per heavy atom. The third-order valence-corrected chi connectivity index (χ3v) is 5.30. The second-order valence-corrected chi connectivity index (χ2v) is 7.07. The van der Waals surface area contributed by atoms with Crippen molar-refractivity contribution in [2.24, 2.45) is 4.99 Å². The van der Waals surface area contributed by atoms with Gasteiger partial charge in [0.25, 0.3) is 0 Å². The fourth-order valence-electron chi connectivity index (χ4n) is 2.81. The quantitative estimate of drug-likeness (QED) is 0.529. The number of aliphatic imine (C=N–C) groups is 1. The lowest BCUT2D eigenvalue weighted by atomic mass is 10.1. The number of carbonyl (C=O) groups is 1. The minimum Gasteiger partial charge on any atom is -0.356 e. The van der Waals surface area contributed by atoms with Gasteiger partial charge in [0.15, 0.2) is 5.96 Å². The summed E-state index contributed by atoms with van der Waals surface area (Å²) in [5.74, 6) is 1.33. The molecule has 1 aliphatic carbocycles. The van der Waals surface area contributed by atoms with Crippen LogP contribution in [0.4, 0.5) is 0 Å². The first-order chi connectivity index (χ1) is 11.2. The normalized spacial score (nSPS) is 17.0. The molecule has 1 heterocycles. The van der Waals surface area contributed by atoms with E-state index >= 15 is 0 Å². The summed E-state index contributed by atoms with van der Waals surface area (Å²) in [6.45, 7) is 3.63. The van der Waals surface area contributed by atoms with Crippen molar-refractivity contribution in [1.82, 2.24) is 16.0 Å². The van der Waals surface area contributed by atoms with E-state index in [4.69, 9.17) is 0 Å². The molecule has 0 aliphatic heterocycles. The Morgan fingerprint density at radius 3 is 2.83 bits per heavy atom. The minimum absolute atomic E-state index is 0.131. The summed E-state index contributed by atoms with van der Waals surface area (Å²) in [6, 6.07) is 4.62. The largest absolute Gasteiger partial charge is 0.356 e. The van der Waals surface area contributed by atoms with Gasteiger partial charge in [-0.2, -0.15) is 0 Å². The van der Waals surface area contributed by atoms with Crippen LogP contribution in [0.25, 0.3) is 0 Å². The van der Waals surface area contributed by atoms with Crippen LogP contribution in [0.5, 0.6) is 0 Å². The van der Waals surface area contributed by atoms with E-state index in [2.05, 4.69) is 45.4 Å². The molecule has 1 aromatic rings. The van der Waals surface area contributed by atoms with E-state index in [1.165, 1.54) is 17.7 Å². The van der Waals surface area contributed by atoms with Crippen molar-refractivity contribution < 1.29 is 4.79 Å². The summed E-state index contributed by atoms with van der Waals surface area (Å²) in [4.78, 5) is 17.5. The van der Waals surface area contributed by atoms with Crippen molar-refractivity contribution in [2.75, 3.05) is 20.1 Å². The number of hydrogen-bond acceptors (Lipinski definition) is 3. The van der Waals surface area contributed by atoms with Crippen LogP contribution in [0.3, 0.4) is 0 Å². The molecule has 1 fully saturated rings. The maximum absolute atomic E-state index is 11.9. The zero-order valence-electron chi connectivity index (χ0n) is 14.1. The van der Waals surface area contributed by atoms with Crippen molar-refractivity contribution in [3.63, 3.8) is 0 Å². The first-order valence-corrected chi connectivity index (χ1v) is 9.34. The maximum Gasteiger partial charge on any atom is 0.221 e. The molecule has 0 aromatic carbocycles. The Hall–Kier alpha value is -1.56. The van der Waals surface area contributed by atoms with Gasteiger partial charge in [-0.1, -0.05) is 25.8 Å². The lowest BCUT2D eigenvalue weighted by Gasteiger charge is -2.16. The molecule has 128 valence electrons. The summed E-state index contributed by atoms with van der Waals surface area (Å²) >= 11 is 1.77. The number of nitrogens with zero attached hydrogens (tertiary/aromatic N) is 1. The van der Waals surface area contributed by atoms with Crippen LogP contribution in [-0.4, -0.2) is 38.0 Å². The molecule has 6 heteroatoms. The van der Waals surface area contributed by atoms with E-state index in [0.29, 0.717) is 24.9 Å². The third-order valence-electron chi connectivity index (χ3n) is 4.19. The highest BCUT2D eigenvalue weighted by molar-refractivity contribution is 7.10. The van der Waals surface area contributed by atoms with Gasteiger partial charge < -0.3 is 16.0 Å². The zero-order valence-corrected chi connectivity index (χ0v) is 14.9. The molecule has 0 radical (unpaired) electrons. The fraction of sp³-hybridized carbons (Fsp3) is 0.647. The maximum atomic E-state index is 11.9. The summed E-state index contributed by atoms with van der Waals surface area (Å²) in [6.07, 6.45) is 5.22. The molecule has 1 atom stereocenters. The molecule has 3 N–H and O–H groups in total. The van der Waals surface area contributed by atoms with Gasteiger partial charge >= 0.3 is 0 Å². The number of nitrogens with one attached hydrogen (secondary N) is 3. The summed E-state index contributed by atoms with van der Waals surface area (Å²) in [5.41, 5.74) is 0. The number of guanidine groups is 1. The molecule has 0 bridgehead atoms. The first-order valence-electron chi connectivity index (χ1n) is 8.46. The molecule has 1 aromatic heterocycles. The smallest absolute Gasteiger partial charge is 0.221 e. The molecule has 1 aliphatic rings. The Morgan fingerprint density at radius 1 is 1.39 bits per heavy atom. The van der Waals surface area contributed by atoms with E-state index in [1.807, 2.05) is 0 Å². The molecule has 0 spiro atoms. The Kier molecular flexibility index (Phi) is 7.39. The lowest BCUT2D eigenvalue weighted by Crippen LogP contribution is -2.41. The predicted molar refractivity (Wildman–Crippen MR) is 97.1 cm³/mol. The van der Waals surface area contributed by atoms with Crippen molar-refractivity contribution in [1.29, 1.82) is 0 Å². The minimum atomic E-state index is 0.131. The number of amides is 1. The van der Waals surface area contributed by atoms with Gasteiger partial charge in [0.05, 0.1) is 0 Å². The topological polar surface area (TPSA) is 65.5 Å². The van der Waals surface area contributed by atoms with Gasteiger partial charge in [-0.25, -0.2) is 0 Å². The van der Waals surface area contributed by atoms with Crippen molar-refractivity contribution >= 4 is 23.2 Å². The molecular formula is C17H28N4OS. The van der Waals surface area contributed by atoms with Crippen molar-refractivity contribution in [2.45, 2.75) is 51.0 Å². The van der Waals surface area contributed by atoms with E-state index in [9.17, 15) is 4.79 Å². The Bertz CT molecular complexity index is 495. The van der Waals surface area contributed by atoms with Gasteiger partial charge in [0.1, 0.15) is 0 Å². The summed E-state index contributed by atoms with van der Waals surface area (Å²) < 4.78 is 0. The zero-order chi connectivity index (χ0) is 16.5. The molecule has 1 saturated carbocycles. The van der Waals surface area contributed by atoms with Crippen LogP contribution in [-0.2, 0) is 4.79 Å². The lowest BCUT2D eigenvalue weighted by molar-refractivity contribution is -0.121. The van der Waals surface area contributed by atoms with Gasteiger partial charge in [-0.3, -0.25) is 9.79 Å². The van der Waals surface area contributed by atoms with Crippen LogP contribution in [0.1, 0.15) is 49.8 Å². The number of thiophene rings is 1. The second-order valence-electron chi connectivity index (χ2n) is 6.10. The van der Waals surface area contributed by atoms with E-state index in [0.717, 1.165) is 25.3 Å². The van der Waals surface area contributed by atoms with Gasteiger partial charge in [-0.15, -0.1) is 11.3 Å². The summed E-state index contributed by atoms with van der Waals surface area (Å²) in [7, 11) is 1.75. The predicted octanol–water partition coefficient (Wildman–Crippen LogP) is 2.47. The molecule has 23 heavy (non-hydrogen) atoms. The van der Waals surface area contributed by atoms with Crippen molar-refractivity contribution in [3.8, 4) is 0 Å². The van der Waals surface area contributed by atoms with E-state index in [-0.39, 0.29) is 5.91 Å². The first kappa shape index (κ1) is 17.8. The molecule has 1 amide bonds. The third kappa shape index (κ3) is 6.22.